The van der Waals surface area contributed by atoms with Crippen LogP contribution in [0.1, 0.15) is 83.2 Å². The normalized spacial score (nSPS) is 20.8. The molecule has 0 radical (unpaired) electrons. The van der Waals surface area contributed by atoms with Gasteiger partial charge >= 0.3 is 12.0 Å². The molecule has 3 aromatic heterocycles. The summed E-state index contributed by atoms with van der Waals surface area (Å²) >= 11 is 1.41. The number of rotatable bonds is 11. The quantitative estimate of drug-likeness (QED) is 0.130. The zero-order chi connectivity index (χ0) is 48.3. The lowest BCUT2D eigenvalue weighted by molar-refractivity contribution is -0.155. The number of benzene rings is 1. The molecule has 4 aromatic rings. The number of methoxy groups -OCH3 is 1. The first-order chi connectivity index (χ1) is 31.9. The number of cyclic esters (lactones) is 1. The van der Waals surface area contributed by atoms with Crippen molar-refractivity contribution in [3.8, 4) is 22.5 Å². The van der Waals surface area contributed by atoms with E-state index < -0.39 is 41.3 Å². The number of likely N-dealkylation sites (tertiary alicyclic amines) is 1. The molecule has 0 spiro atoms. The minimum atomic E-state index is -1.08. The molecule has 7 rings (SSSR count). The molecule has 6 heterocycles. The number of urea groups is 1. The van der Waals surface area contributed by atoms with Crippen molar-refractivity contribution in [2.45, 2.75) is 104 Å². The summed E-state index contributed by atoms with van der Waals surface area (Å²) in [5.74, 6) is -1.76. The summed E-state index contributed by atoms with van der Waals surface area (Å²) < 4.78 is 14.2. The van der Waals surface area contributed by atoms with Gasteiger partial charge in [-0.1, -0.05) is 40.3 Å². The van der Waals surface area contributed by atoms with Crippen LogP contribution in [0.2, 0.25) is 0 Å². The average molecular weight is 938 g/mol. The van der Waals surface area contributed by atoms with Crippen LogP contribution in [-0.2, 0) is 48.0 Å². The van der Waals surface area contributed by atoms with E-state index >= 15 is 0 Å². The Morgan fingerprint density at radius 2 is 1.91 bits per heavy atom. The number of amides is 5. The molecule has 3 aliphatic heterocycles. The van der Waals surface area contributed by atoms with Crippen molar-refractivity contribution in [3.05, 3.63) is 70.8 Å². The molecule has 360 valence electrons. The van der Waals surface area contributed by atoms with Crippen LogP contribution in [0.5, 0.6) is 0 Å². The Morgan fingerprint density at radius 3 is 2.63 bits per heavy atom. The van der Waals surface area contributed by atoms with Crippen LogP contribution >= 0.6 is 11.3 Å². The number of nitrogens with one attached hydrogen (secondary N) is 2. The van der Waals surface area contributed by atoms with E-state index in [2.05, 4.69) is 66.9 Å². The molecule has 16 nitrogen and oxygen atoms in total. The maximum absolute atomic E-state index is 14.7. The molecule has 2 saturated heterocycles. The van der Waals surface area contributed by atoms with Crippen molar-refractivity contribution < 1.29 is 33.4 Å². The van der Waals surface area contributed by atoms with E-state index in [0.29, 0.717) is 57.0 Å². The molecule has 67 heavy (non-hydrogen) atoms. The van der Waals surface area contributed by atoms with E-state index in [9.17, 15) is 24.0 Å². The van der Waals surface area contributed by atoms with E-state index in [1.54, 1.807) is 37.2 Å². The largest absolute Gasteiger partial charge is 0.464 e. The van der Waals surface area contributed by atoms with E-state index in [-0.39, 0.29) is 42.9 Å². The van der Waals surface area contributed by atoms with Gasteiger partial charge in [0.05, 0.1) is 34.8 Å². The third-order valence-corrected chi connectivity index (χ3v) is 14.3. The second kappa shape index (κ2) is 20.7. The highest BCUT2D eigenvalue weighted by Crippen LogP contribution is 2.42. The third-order valence-electron chi connectivity index (χ3n) is 13.4. The molecule has 1 unspecified atom stereocenters. The van der Waals surface area contributed by atoms with Crippen LogP contribution in [0.15, 0.2) is 54.6 Å². The van der Waals surface area contributed by atoms with Gasteiger partial charge in [-0.3, -0.25) is 29.2 Å². The summed E-state index contributed by atoms with van der Waals surface area (Å²) in [6.07, 6.45) is 5.19. The number of hydrogen-bond acceptors (Lipinski definition) is 11. The van der Waals surface area contributed by atoms with Crippen molar-refractivity contribution in [2.24, 2.45) is 17.3 Å². The van der Waals surface area contributed by atoms with Crippen molar-refractivity contribution in [3.63, 3.8) is 0 Å². The number of likely N-dealkylation sites (N-methyl/N-ethyl adjacent to an activating group) is 2. The Bertz CT molecular complexity index is 2500. The van der Waals surface area contributed by atoms with Gasteiger partial charge in [0.25, 0.3) is 5.91 Å². The summed E-state index contributed by atoms with van der Waals surface area (Å²) in [6.45, 7) is 18.2. The minimum Gasteiger partial charge on any atom is -0.464 e. The fourth-order valence-electron chi connectivity index (χ4n) is 9.88. The first kappa shape index (κ1) is 49.3. The van der Waals surface area contributed by atoms with Gasteiger partial charge < -0.3 is 34.1 Å². The fourth-order valence-corrected chi connectivity index (χ4v) is 10.7. The smallest absolute Gasteiger partial charge is 0.324 e. The van der Waals surface area contributed by atoms with Crippen LogP contribution in [0.4, 0.5) is 4.79 Å². The van der Waals surface area contributed by atoms with Gasteiger partial charge in [-0.2, -0.15) is 0 Å². The number of carbonyl (C=O) groups is 5. The molecular weight excluding hydrogens is 871 g/mol. The second-order valence-electron chi connectivity index (χ2n) is 19.4. The van der Waals surface area contributed by atoms with Gasteiger partial charge in [0.2, 0.25) is 11.8 Å². The van der Waals surface area contributed by atoms with E-state index in [1.165, 1.54) is 27.3 Å². The minimum absolute atomic E-state index is 0.0786. The van der Waals surface area contributed by atoms with E-state index in [4.69, 9.17) is 19.4 Å². The molecular formula is C50H67N9O7S. The van der Waals surface area contributed by atoms with E-state index in [1.807, 2.05) is 32.2 Å². The summed E-state index contributed by atoms with van der Waals surface area (Å²) in [5.41, 5.74) is 9.27. The molecule has 0 aliphatic carbocycles. The number of fused-ring (bicyclic) bond motifs is 6. The summed E-state index contributed by atoms with van der Waals surface area (Å²) in [4.78, 5) is 83.9. The highest BCUT2D eigenvalue weighted by atomic mass is 32.1. The fraction of sp³-hybridized carbons (Fsp3) is 0.540. The Balaban J connectivity index is 1.23. The van der Waals surface area contributed by atoms with Crippen LogP contribution in [0.3, 0.4) is 0 Å². The van der Waals surface area contributed by atoms with E-state index in [0.717, 1.165) is 51.1 Å². The van der Waals surface area contributed by atoms with Crippen LogP contribution < -0.4 is 10.7 Å². The zero-order valence-electron chi connectivity index (χ0n) is 40.5. The molecule has 5 amide bonds. The van der Waals surface area contributed by atoms with Gasteiger partial charge in [0.1, 0.15) is 18.1 Å². The zero-order valence-corrected chi connectivity index (χ0v) is 41.3. The predicted molar refractivity (Wildman–Crippen MR) is 259 cm³/mol. The topological polar surface area (TPSA) is 172 Å². The monoisotopic (exact) mass is 937 g/mol. The van der Waals surface area contributed by atoms with Gasteiger partial charge in [-0.15, -0.1) is 11.3 Å². The first-order valence-electron chi connectivity index (χ1n) is 23.5. The van der Waals surface area contributed by atoms with Crippen molar-refractivity contribution in [2.75, 3.05) is 54.0 Å². The maximum atomic E-state index is 14.7. The van der Waals surface area contributed by atoms with Gasteiger partial charge in [-0.05, 0) is 87.3 Å². The lowest BCUT2D eigenvalue weighted by Crippen LogP contribution is -2.62. The van der Waals surface area contributed by atoms with Gasteiger partial charge in [0, 0.05) is 99.4 Å². The maximum Gasteiger partial charge on any atom is 0.324 e. The standard InChI is InChI=1S/C50H67N9O7S/c1-11-42(60)55(8)26-32-19-22-57(27-32)49(64)56(9)44(30(3)4)46(61)53-38-24-41-52-39(28-67-41)33-17-18-40-35(23-33)36(45(58(40)12-2)34-15-13-20-51-43(34)31(5)65-10)25-50(6,7)29-66-48(63)37-16-14-21-59(54-37)47(38)62/h11,13,15,17-18,20,23,28,30-32,37-38,44,54H,1,12,14,16,19,21-22,24-27,29H2,2-10H3,(H,53,61)/t31-,32-,37-,38-,44?/m0/s1. The van der Waals surface area contributed by atoms with Gasteiger partial charge in [0.15, 0.2) is 0 Å². The molecule has 6 bridgehead atoms. The average Bonchev–Trinajstić information content (AvgIpc) is 4.06. The van der Waals surface area contributed by atoms with Crippen molar-refractivity contribution in [1.29, 1.82) is 0 Å². The molecule has 3 aliphatic rings. The highest BCUT2D eigenvalue weighted by Gasteiger charge is 2.40. The van der Waals surface area contributed by atoms with Crippen molar-refractivity contribution in [1.82, 2.24) is 45.0 Å². The Labute approximate surface area is 398 Å². The van der Waals surface area contributed by atoms with Gasteiger partial charge in [-0.25, -0.2) is 15.2 Å². The molecule has 0 saturated carbocycles. The third kappa shape index (κ3) is 10.6. The number of thiazole rings is 1. The molecule has 17 heteroatoms. The molecule has 2 fully saturated rings. The Hall–Kier alpha value is -5.65. The molecule has 2 N–H and O–H groups in total. The number of ether oxygens (including phenoxy) is 2. The SMILES string of the molecule is C=CC(=O)N(C)C[C@@H]1CCN(C(=O)N(C)C(C(=O)N[C@H]2Cc3nc(cs3)-c3ccc4c(c3)c(c(-c3cccnc3[C@H](C)OC)n4CC)CC(C)(C)COC(=O)[C@@H]3CCCN(N3)C2=O)C(C)C)C1. The number of carbonyl (C=O) groups excluding carboxylic acids is 5. The summed E-state index contributed by atoms with van der Waals surface area (Å²) in [5, 5.41) is 8.13. The number of esters is 1. The van der Waals surface area contributed by atoms with Crippen LogP contribution in [-0.4, -0.2) is 136 Å². The molecule has 5 atom stereocenters. The lowest BCUT2D eigenvalue weighted by Gasteiger charge is -2.37. The predicted octanol–water partition coefficient (Wildman–Crippen LogP) is 6.25. The highest BCUT2D eigenvalue weighted by molar-refractivity contribution is 7.10. The number of pyridine rings is 1. The molecule has 1 aromatic carbocycles. The first-order valence-corrected chi connectivity index (χ1v) is 24.3. The van der Waals surface area contributed by atoms with Crippen LogP contribution in [0.25, 0.3) is 33.4 Å². The summed E-state index contributed by atoms with van der Waals surface area (Å²) in [6, 6.07) is 7.34. The number of aromatic nitrogens is 3. The summed E-state index contributed by atoms with van der Waals surface area (Å²) in [7, 11) is 5.02. The van der Waals surface area contributed by atoms with Crippen LogP contribution in [0, 0.1) is 17.3 Å². The second-order valence-corrected chi connectivity index (χ2v) is 20.3. The van der Waals surface area contributed by atoms with Crippen molar-refractivity contribution >= 4 is 52.0 Å². The number of nitrogens with zero attached hydrogens (tertiary/aromatic N) is 7. The number of aryl methyl sites for hydroxylation is 1. The Morgan fingerprint density at radius 1 is 1.13 bits per heavy atom. The number of hydrazine groups is 1. The number of hydrogen-bond donors (Lipinski definition) is 2. The lowest BCUT2D eigenvalue weighted by atomic mass is 9.84. The Kier molecular flexibility index (Phi) is 15.2.